The van der Waals surface area contributed by atoms with Gasteiger partial charge in [-0.25, -0.2) is 4.79 Å². The molecule has 0 saturated carbocycles. The number of benzene rings is 1. The SMILES string of the molecule is O=C(CNC(=O)N1CCC(c2ccccc2)CC1)N1CCCC1. The summed E-state index contributed by atoms with van der Waals surface area (Å²) < 4.78 is 0. The molecule has 1 aromatic rings. The van der Waals surface area contributed by atoms with Gasteiger partial charge in [0.05, 0.1) is 6.54 Å². The summed E-state index contributed by atoms with van der Waals surface area (Å²) in [7, 11) is 0. The highest BCUT2D eigenvalue weighted by Gasteiger charge is 2.24. The number of amides is 3. The molecule has 1 aromatic carbocycles. The smallest absolute Gasteiger partial charge is 0.317 e. The van der Waals surface area contributed by atoms with Crippen LogP contribution in [-0.2, 0) is 4.79 Å². The van der Waals surface area contributed by atoms with Crippen LogP contribution in [0, 0.1) is 0 Å². The molecule has 2 fully saturated rings. The second kappa shape index (κ2) is 7.49. The third-order valence-electron chi connectivity index (χ3n) is 4.90. The molecule has 3 rings (SSSR count). The highest BCUT2D eigenvalue weighted by molar-refractivity contribution is 5.84. The van der Waals surface area contributed by atoms with Crippen LogP contribution in [0.2, 0.25) is 0 Å². The van der Waals surface area contributed by atoms with Gasteiger partial charge in [-0.1, -0.05) is 30.3 Å². The van der Waals surface area contributed by atoms with Crippen LogP contribution in [0.1, 0.15) is 37.2 Å². The number of piperidine rings is 1. The normalized spacial score (nSPS) is 19.0. The van der Waals surface area contributed by atoms with Crippen molar-refractivity contribution in [3.05, 3.63) is 35.9 Å². The first-order valence-corrected chi connectivity index (χ1v) is 8.59. The Hall–Kier alpha value is -2.04. The number of rotatable bonds is 3. The van der Waals surface area contributed by atoms with E-state index in [1.54, 1.807) is 0 Å². The van der Waals surface area contributed by atoms with Crippen LogP contribution in [0.3, 0.4) is 0 Å². The molecule has 3 amide bonds. The van der Waals surface area contributed by atoms with Crippen LogP contribution in [-0.4, -0.2) is 54.5 Å². The summed E-state index contributed by atoms with van der Waals surface area (Å²) in [6, 6.07) is 10.4. The van der Waals surface area contributed by atoms with Crippen molar-refractivity contribution in [3.8, 4) is 0 Å². The van der Waals surface area contributed by atoms with Crippen molar-refractivity contribution in [3.63, 3.8) is 0 Å². The molecule has 0 aromatic heterocycles. The Balaban J connectivity index is 1.42. The molecule has 0 spiro atoms. The summed E-state index contributed by atoms with van der Waals surface area (Å²) >= 11 is 0. The monoisotopic (exact) mass is 315 g/mol. The minimum atomic E-state index is -0.107. The summed E-state index contributed by atoms with van der Waals surface area (Å²) in [5, 5.41) is 2.78. The first kappa shape index (κ1) is 15.8. The lowest BCUT2D eigenvalue weighted by molar-refractivity contribution is -0.129. The van der Waals surface area contributed by atoms with Crippen LogP contribution in [0.5, 0.6) is 0 Å². The molecular weight excluding hydrogens is 290 g/mol. The summed E-state index contributed by atoms with van der Waals surface area (Å²) in [6.45, 7) is 3.29. The minimum absolute atomic E-state index is 0.0371. The summed E-state index contributed by atoms with van der Waals surface area (Å²) in [5.41, 5.74) is 1.36. The number of urea groups is 1. The molecule has 2 heterocycles. The first-order chi connectivity index (χ1) is 11.2. The number of nitrogens with one attached hydrogen (secondary N) is 1. The molecule has 0 aliphatic carbocycles. The van der Waals surface area contributed by atoms with Gasteiger partial charge >= 0.3 is 6.03 Å². The Morgan fingerprint density at radius 1 is 0.957 bits per heavy atom. The largest absolute Gasteiger partial charge is 0.341 e. The fourth-order valence-corrected chi connectivity index (χ4v) is 3.48. The van der Waals surface area contributed by atoms with Gasteiger partial charge in [-0.2, -0.15) is 0 Å². The molecule has 0 unspecified atom stereocenters. The minimum Gasteiger partial charge on any atom is -0.341 e. The van der Waals surface area contributed by atoms with Crippen LogP contribution < -0.4 is 5.32 Å². The maximum atomic E-state index is 12.2. The Kier molecular flexibility index (Phi) is 5.16. The van der Waals surface area contributed by atoms with Crippen LogP contribution >= 0.6 is 0 Å². The van der Waals surface area contributed by atoms with Crippen molar-refractivity contribution in [2.75, 3.05) is 32.7 Å². The van der Waals surface area contributed by atoms with E-state index in [-0.39, 0.29) is 18.5 Å². The summed E-state index contributed by atoms with van der Waals surface area (Å²) in [4.78, 5) is 27.8. The van der Waals surface area contributed by atoms with E-state index in [9.17, 15) is 9.59 Å². The van der Waals surface area contributed by atoms with E-state index in [2.05, 4.69) is 29.6 Å². The number of likely N-dealkylation sites (tertiary alicyclic amines) is 2. The van der Waals surface area contributed by atoms with Gasteiger partial charge < -0.3 is 15.1 Å². The molecule has 2 saturated heterocycles. The van der Waals surface area contributed by atoms with Crippen molar-refractivity contribution < 1.29 is 9.59 Å². The maximum absolute atomic E-state index is 12.2. The molecule has 2 aliphatic rings. The van der Waals surface area contributed by atoms with Crippen molar-refractivity contribution in [2.24, 2.45) is 0 Å². The van der Waals surface area contributed by atoms with Crippen molar-refractivity contribution in [1.29, 1.82) is 0 Å². The molecule has 124 valence electrons. The highest BCUT2D eigenvalue weighted by atomic mass is 16.2. The van der Waals surface area contributed by atoms with Gasteiger partial charge in [0.15, 0.2) is 0 Å². The Bertz CT molecular complexity index is 532. The Morgan fingerprint density at radius 2 is 1.61 bits per heavy atom. The van der Waals surface area contributed by atoms with E-state index in [0.717, 1.165) is 51.9 Å². The zero-order chi connectivity index (χ0) is 16.1. The predicted octanol–water partition coefficient (Wildman–Crippen LogP) is 2.20. The number of carbonyl (C=O) groups excluding carboxylic acids is 2. The van der Waals surface area contributed by atoms with Crippen molar-refractivity contribution in [2.45, 2.75) is 31.6 Å². The van der Waals surface area contributed by atoms with Crippen molar-refractivity contribution in [1.82, 2.24) is 15.1 Å². The molecule has 1 N–H and O–H groups in total. The maximum Gasteiger partial charge on any atom is 0.317 e. The molecule has 5 heteroatoms. The average Bonchev–Trinajstić information content (AvgIpc) is 3.15. The van der Waals surface area contributed by atoms with E-state index in [0.29, 0.717) is 5.92 Å². The van der Waals surface area contributed by atoms with Gasteiger partial charge in [-0.05, 0) is 37.2 Å². The molecule has 0 bridgehead atoms. The first-order valence-electron chi connectivity index (χ1n) is 8.59. The quantitative estimate of drug-likeness (QED) is 0.929. The number of hydrogen-bond donors (Lipinski definition) is 1. The van der Waals surface area contributed by atoms with E-state index in [4.69, 9.17) is 0 Å². The second-order valence-corrected chi connectivity index (χ2v) is 6.42. The summed E-state index contributed by atoms with van der Waals surface area (Å²) in [6.07, 6.45) is 4.12. The molecule has 0 atom stereocenters. The molecule has 0 radical (unpaired) electrons. The lowest BCUT2D eigenvalue weighted by Gasteiger charge is -2.32. The zero-order valence-corrected chi connectivity index (χ0v) is 13.5. The van der Waals surface area contributed by atoms with E-state index < -0.39 is 0 Å². The number of hydrogen-bond acceptors (Lipinski definition) is 2. The van der Waals surface area contributed by atoms with E-state index >= 15 is 0 Å². The Labute approximate surface area is 137 Å². The third kappa shape index (κ3) is 4.03. The standard InChI is InChI=1S/C18H25N3O2/c22-17(20-10-4-5-11-20)14-19-18(23)21-12-8-16(9-13-21)15-6-2-1-3-7-15/h1-3,6-7,16H,4-5,8-14H2,(H,19,23). The van der Waals surface area contributed by atoms with Gasteiger partial charge in [0.2, 0.25) is 5.91 Å². The second-order valence-electron chi connectivity index (χ2n) is 6.42. The van der Waals surface area contributed by atoms with Gasteiger partial charge in [-0.15, -0.1) is 0 Å². The Morgan fingerprint density at radius 3 is 2.26 bits per heavy atom. The van der Waals surface area contributed by atoms with Crippen molar-refractivity contribution >= 4 is 11.9 Å². The lowest BCUT2D eigenvalue weighted by Crippen LogP contribution is -2.47. The van der Waals surface area contributed by atoms with Gasteiger partial charge in [-0.3, -0.25) is 4.79 Å². The van der Waals surface area contributed by atoms with Crippen LogP contribution in [0.4, 0.5) is 4.79 Å². The molecule has 23 heavy (non-hydrogen) atoms. The number of carbonyl (C=O) groups is 2. The molecule has 5 nitrogen and oxygen atoms in total. The fraction of sp³-hybridized carbons (Fsp3) is 0.556. The fourth-order valence-electron chi connectivity index (χ4n) is 3.48. The van der Waals surface area contributed by atoms with Crippen LogP contribution in [0.15, 0.2) is 30.3 Å². The topological polar surface area (TPSA) is 52.7 Å². The molecule has 2 aliphatic heterocycles. The van der Waals surface area contributed by atoms with Gasteiger partial charge in [0.25, 0.3) is 0 Å². The number of nitrogens with zero attached hydrogens (tertiary/aromatic N) is 2. The van der Waals surface area contributed by atoms with Crippen LogP contribution in [0.25, 0.3) is 0 Å². The van der Waals surface area contributed by atoms with Gasteiger partial charge in [0.1, 0.15) is 0 Å². The van der Waals surface area contributed by atoms with E-state index in [1.807, 2.05) is 15.9 Å². The average molecular weight is 315 g/mol. The molecular formula is C18H25N3O2. The predicted molar refractivity (Wildman–Crippen MR) is 89.2 cm³/mol. The lowest BCUT2D eigenvalue weighted by atomic mass is 9.90. The summed E-state index contributed by atoms with van der Waals surface area (Å²) in [5.74, 6) is 0.571. The highest BCUT2D eigenvalue weighted by Crippen LogP contribution is 2.27. The zero-order valence-electron chi connectivity index (χ0n) is 13.5. The third-order valence-corrected chi connectivity index (χ3v) is 4.90. The van der Waals surface area contributed by atoms with E-state index in [1.165, 1.54) is 5.56 Å². The van der Waals surface area contributed by atoms with Gasteiger partial charge in [0, 0.05) is 26.2 Å².